The van der Waals surface area contributed by atoms with Crippen molar-refractivity contribution in [1.29, 1.82) is 0 Å². The van der Waals surface area contributed by atoms with E-state index in [1.807, 2.05) is 0 Å². The standard InChI is InChI=1S/C13H24N2/c1-9(10-3-4-10)15(2)8-11-7-12-5-6-13(11)14-12/h9-14H,3-8H2,1-2H3. The zero-order valence-corrected chi connectivity index (χ0v) is 10.1. The average molecular weight is 208 g/mol. The Kier molecular flexibility index (Phi) is 2.52. The van der Waals surface area contributed by atoms with Gasteiger partial charge in [-0.05, 0) is 57.9 Å². The van der Waals surface area contributed by atoms with Crippen LogP contribution in [0.2, 0.25) is 0 Å². The molecule has 0 radical (unpaired) electrons. The van der Waals surface area contributed by atoms with Crippen LogP contribution >= 0.6 is 0 Å². The molecule has 2 saturated heterocycles. The maximum atomic E-state index is 3.74. The molecule has 1 aliphatic carbocycles. The summed E-state index contributed by atoms with van der Waals surface area (Å²) in [6, 6.07) is 2.54. The molecular formula is C13H24N2. The van der Waals surface area contributed by atoms with Crippen molar-refractivity contribution in [1.82, 2.24) is 10.2 Å². The lowest BCUT2D eigenvalue weighted by molar-refractivity contribution is 0.185. The fourth-order valence-corrected chi connectivity index (χ4v) is 3.61. The first-order valence-corrected chi connectivity index (χ1v) is 6.70. The van der Waals surface area contributed by atoms with Gasteiger partial charge in [0.2, 0.25) is 0 Å². The van der Waals surface area contributed by atoms with Gasteiger partial charge in [-0.25, -0.2) is 0 Å². The van der Waals surface area contributed by atoms with E-state index in [1.165, 1.54) is 38.6 Å². The molecule has 2 heteroatoms. The summed E-state index contributed by atoms with van der Waals surface area (Å²) >= 11 is 0. The second-order valence-electron chi connectivity index (χ2n) is 6.06. The molecule has 0 aromatic rings. The van der Waals surface area contributed by atoms with Crippen LogP contribution in [0, 0.1) is 11.8 Å². The minimum Gasteiger partial charge on any atom is -0.311 e. The van der Waals surface area contributed by atoms with Gasteiger partial charge in [-0.2, -0.15) is 0 Å². The SMILES string of the molecule is CC(C1CC1)N(C)CC1CC2CCC1N2. The highest BCUT2D eigenvalue weighted by Gasteiger charge is 2.40. The molecule has 3 rings (SSSR count). The summed E-state index contributed by atoms with van der Waals surface area (Å²) in [6.07, 6.45) is 7.25. The summed E-state index contributed by atoms with van der Waals surface area (Å²) in [7, 11) is 2.33. The quantitative estimate of drug-likeness (QED) is 0.758. The second kappa shape index (κ2) is 3.74. The number of fused-ring (bicyclic) bond motifs is 2. The summed E-state index contributed by atoms with van der Waals surface area (Å²) in [6.45, 7) is 3.74. The minimum absolute atomic E-state index is 0.823. The molecule has 4 unspecified atom stereocenters. The molecule has 2 aliphatic heterocycles. The zero-order chi connectivity index (χ0) is 10.4. The van der Waals surface area contributed by atoms with Crippen molar-refractivity contribution in [3.05, 3.63) is 0 Å². The van der Waals surface area contributed by atoms with E-state index in [0.29, 0.717) is 0 Å². The van der Waals surface area contributed by atoms with Crippen molar-refractivity contribution in [3.8, 4) is 0 Å². The van der Waals surface area contributed by atoms with Gasteiger partial charge in [0.05, 0.1) is 0 Å². The van der Waals surface area contributed by atoms with Crippen molar-refractivity contribution in [2.45, 2.75) is 57.2 Å². The fraction of sp³-hybridized carbons (Fsp3) is 1.00. The highest BCUT2D eigenvalue weighted by molar-refractivity contribution is 4.98. The van der Waals surface area contributed by atoms with Crippen LogP contribution in [0.25, 0.3) is 0 Å². The highest BCUT2D eigenvalue weighted by atomic mass is 15.2. The van der Waals surface area contributed by atoms with E-state index in [2.05, 4.69) is 24.2 Å². The van der Waals surface area contributed by atoms with Crippen LogP contribution in [0.5, 0.6) is 0 Å². The van der Waals surface area contributed by atoms with E-state index in [-0.39, 0.29) is 0 Å². The molecule has 3 fully saturated rings. The summed E-state index contributed by atoms with van der Waals surface area (Å²) in [5.74, 6) is 1.96. The third-order valence-corrected chi connectivity index (χ3v) is 4.95. The van der Waals surface area contributed by atoms with Gasteiger partial charge in [-0.3, -0.25) is 0 Å². The van der Waals surface area contributed by atoms with Crippen LogP contribution in [0.1, 0.15) is 39.0 Å². The Morgan fingerprint density at radius 1 is 1.27 bits per heavy atom. The van der Waals surface area contributed by atoms with Gasteiger partial charge in [-0.1, -0.05) is 0 Å². The monoisotopic (exact) mass is 208 g/mol. The summed E-state index contributed by atoms with van der Waals surface area (Å²) in [4.78, 5) is 2.62. The third kappa shape index (κ3) is 1.94. The van der Waals surface area contributed by atoms with Crippen molar-refractivity contribution in [2.24, 2.45) is 11.8 Å². The van der Waals surface area contributed by atoms with Crippen molar-refractivity contribution >= 4 is 0 Å². The van der Waals surface area contributed by atoms with Gasteiger partial charge in [-0.15, -0.1) is 0 Å². The molecule has 0 aromatic heterocycles. The molecule has 2 nitrogen and oxygen atoms in total. The van der Waals surface area contributed by atoms with E-state index >= 15 is 0 Å². The summed E-state index contributed by atoms with van der Waals surface area (Å²) in [5, 5.41) is 3.74. The number of hydrogen-bond donors (Lipinski definition) is 1. The van der Waals surface area contributed by atoms with Crippen LogP contribution in [-0.2, 0) is 0 Å². The largest absolute Gasteiger partial charge is 0.311 e. The van der Waals surface area contributed by atoms with Crippen LogP contribution in [0.3, 0.4) is 0 Å². The van der Waals surface area contributed by atoms with Gasteiger partial charge in [0, 0.05) is 24.7 Å². The van der Waals surface area contributed by atoms with E-state index in [1.54, 1.807) is 0 Å². The molecule has 2 heterocycles. The number of nitrogens with zero attached hydrogens (tertiary/aromatic N) is 1. The Morgan fingerprint density at radius 2 is 2.07 bits per heavy atom. The molecule has 0 amide bonds. The fourth-order valence-electron chi connectivity index (χ4n) is 3.61. The highest BCUT2D eigenvalue weighted by Crippen LogP contribution is 2.37. The van der Waals surface area contributed by atoms with E-state index < -0.39 is 0 Å². The lowest BCUT2D eigenvalue weighted by Gasteiger charge is -2.30. The first kappa shape index (κ1) is 10.1. The topological polar surface area (TPSA) is 15.3 Å². The van der Waals surface area contributed by atoms with Crippen LogP contribution in [0.15, 0.2) is 0 Å². The van der Waals surface area contributed by atoms with Crippen LogP contribution < -0.4 is 5.32 Å². The van der Waals surface area contributed by atoms with Crippen molar-refractivity contribution in [3.63, 3.8) is 0 Å². The lowest BCUT2D eigenvalue weighted by Crippen LogP contribution is -2.38. The molecule has 15 heavy (non-hydrogen) atoms. The van der Waals surface area contributed by atoms with Gasteiger partial charge in [0.1, 0.15) is 0 Å². The smallest absolute Gasteiger partial charge is 0.0111 e. The normalized spacial score (nSPS) is 41.4. The van der Waals surface area contributed by atoms with E-state index in [0.717, 1.165) is 30.0 Å². The zero-order valence-electron chi connectivity index (χ0n) is 10.1. The van der Waals surface area contributed by atoms with E-state index in [9.17, 15) is 0 Å². The molecule has 4 atom stereocenters. The second-order valence-corrected chi connectivity index (χ2v) is 6.06. The molecular weight excluding hydrogens is 184 g/mol. The molecule has 1 N–H and O–H groups in total. The Morgan fingerprint density at radius 3 is 2.60 bits per heavy atom. The molecule has 0 spiro atoms. The van der Waals surface area contributed by atoms with Crippen molar-refractivity contribution < 1.29 is 0 Å². The first-order chi connectivity index (χ1) is 7.24. The number of hydrogen-bond acceptors (Lipinski definition) is 2. The minimum atomic E-state index is 0.823. The Balaban J connectivity index is 1.52. The molecule has 3 aliphatic rings. The Bertz CT molecular complexity index is 237. The maximum absolute atomic E-state index is 3.74. The third-order valence-electron chi connectivity index (χ3n) is 4.95. The summed E-state index contributed by atoms with van der Waals surface area (Å²) in [5.41, 5.74) is 0. The predicted octanol–water partition coefficient (Wildman–Crippen LogP) is 1.86. The predicted molar refractivity (Wildman–Crippen MR) is 62.9 cm³/mol. The maximum Gasteiger partial charge on any atom is 0.0111 e. The molecule has 2 bridgehead atoms. The number of rotatable bonds is 4. The first-order valence-electron chi connectivity index (χ1n) is 6.70. The van der Waals surface area contributed by atoms with Crippen molar-refractivity contribution in [2.75, 3.05) is 13.6 Å². The average Bonchev–Trinajstić information content (AvgIpc) is 2.88. The summed E-state index contributed by atoms with van der Waals surface area (Å²) < 4.78 is 0. The molecule has 0 aromatic carbocycles. The van der Waals surface area contributed by atoms with Crippen LogP contribution in [0.4, 0.5) is 0 Å². The molecule has 1 saturated carbocycles. The Labute approximate surface area is 93.4 Å². The lowest BCUT2D eigenvalue weighted by atomic mass is 9.88. The van der Waals surface area contributed by atoms with Crippen LogP contribution in [-0.4, -0.2) is 36.6 Å². The van der Waals surface area contributed by atoms with Gasteiger partial charge >= 0.3 is 0 Å². The van der Waals surface area contributed by atoms with Gasteiger partial charge < -0.3 is 10.2 Å². The Hall–Kier alpha value is -0.0800. The number of nitrogens with one attached hydrogen (secondary N) is 1. The van der Waals surface area contributed by atoms with Gasteiger partial charge in [0.25, 0.3) is 0 Å². The van der Waals surface area contributed by atoms with Gasteiger partial charge in [0.15, 0.2) is 0 Å². The van der Waals surface area contributed by atoms with E-state index in [4.69, 9.17) is 0 Å². The molecule has 86 valence electrons.